The first kappa shape index (κ1) is 21.1. The summed E-state index contributed by atoms with van der Waals surface area (Å²) in [6.07, 6.45) is 0. The van der Waals surface area contributed by atoms with Crippen molar-refractivity contribution in [3.63, 3.8) is 0 Å². The van der Waals surface area contributed by atoms with Gasteiger partial charge in [0.1, 0.15) is 5.75 Å². The molecule has 0 atom stereocenters. The summed E-state index contributed by atoms with van der Waals surface area (Å²) in [6.45, 7) is -0.223. The minimum Gasteiger partial charge on any atom is -0.497 e. The van der Waals surface area contributed by atoms with Gasteiger partial charge in [-0.3, -0.25) is 4.79 Å². The number of aliphatic hydroxyl groups is 1. The molecule has 1 amide bonds. The quantitative estimate of drug-likeness (QED) is 0.563. The molecule has 0 saturated carbocycles. The molecule has 154 valence electrons. The lowest BCUT2D eigenvalue weighted by Crippen LogP contribution is -2.40. The Hall–Kier alpha value is -3.64. The lowest BCUT2D eigenvalue weighted by atomic mass is 9.86. The molecule has 0 aliphatic heterocycles. The monoisotopic (exact) mass is 405 g/mol. The van der Waals surface area contributed by atoms with Gasteiger partial charge in [0.25, 0.3) is 5.91 Å². The van der Waals surface area contributed by atoms with E-state index in [1.807, 2.05) is 12.1 Å². The van der Waals surface area contributed by atoms with Crippen molar-refractivity contribution in [3.05, 3.63) is 102 Å². The predicted molar refractivity (Wildman–Crippen MR) is 112 cm³/mol. The molecular formula is C24H23NO5. The number of nitrogens with one attached hydrogen (secondary N) is 1. The van der Waals surface area contributed by atoms with E-state index >= 15 is 0 Å². The molecule has 6 nitrogen and oxygen atoms in total. The van der Waals surface area contributed by atoms with Gasteiger partial charge in [0.2, 0.25) is 5.60 Å². The fourth-order valence-corrected chi connectivity index (χ4v) is 2.99. The Morgan fingerprint density at radius 1 is 0.867 bits per heavy atom. The zero-order chi connectivity index (χ0) is 21.4. The summed E-state index contributed by atoms with van der Waals surface area (Å²) < 4.78 is 10.3. The molecule has 0 aliphatic rings. The van der Waals surface area contributed by atoms with Crippen LogP contribution in [0.15, 0.2) is 84.9 Å². The van der Waals surface area contributed by atoms with E-state index in [4.69, 9.17) is 9.47 Å². The summed E-state index contributed by atoms with van der Waals surface area (Å²) >= 11 is 0. The van der Waals surface area contributed by atoms with Crippen molar-refractivity contribution >= 4 is 11.9 Å². The van der Waals surface area contributed by atoms with Crippen LogP contribution in [0.4, 0.5) is 0 Å². The van der Waals surface area contributed by atoms with Crippen LogP contribution in [-0.2, 0) is 26.5 Å². The van der Waals surface area contributed by atoms with Gasteiger partial charge in [0.05, 0.1) is 7.11 Å². The predicted octanol–water partition coefficient (Wildman–Crippen LogP) is 2.79. The number of rotatable bonds is 8. The highest BCUT2D eigenvalue weighted by atomic mass is 16.6. The summed E-state index contributed by atoms with van der Waals surface area (Å²) in [6, 6.07) is 24.2. The molecule has 30 heavy (non-hydrogen) atoms. The average molecular weight is 405 g/mol. The minimum atomic E-state index is -2.02. The van der Waals surface area contributed by atoms with Crippen LogP contribution in [0.5, 0.6) is 5.75 Å². The summed E-state index contributed by atoms with van der Waals surface area (Å²) in [7, 11) is 1.58. The van der Waals surface area contributed by atoms with Crippen LogP contribution < -0.4 is 10.1 Å². The van der Waals surface area contributed by atoms with Crippen LogP contribution in [-0.4, -0.2) is 30.7 Å². The topological polar surface area (TPSA) is 84.9 Å². The van der Waals surface area contributed by atoms with Gasteiger partial charge in [-0.2, -0.15) is 0 Å². The Morgan fingerprint density at radius 2 is 1.40 bits per heavy atom. The third-order valence-electron chi connectivity index (χ3n) is 4.66. The smallest absolute Gasteiger partial charge is 0.348 e. The lowest BCUT2D eigenvalue weighted by Gasteiger charge is -2.26. The molecule has 3 aromatic rings. The molecule has 6 heteroatoms. The summed E-state index contributed by atoms with van der Waals surface area (Å²) in [4.78, 5) is 25.0. The maximum atomic E-state index is 12.8. The van der Waals surface area contributed by atoms with Gasteiger partial charge in [0.15, 0.2) is 6.61 Å². The molecule has 0 unspecified atom stereocenters. The number of benzene rings is 3. The molecule has 0 saturated heterocycles. The molecule has 3 aromatic carbocycles. The third-order valence-corrected chi connectivity index (χ3v) is 4.66. The van der Waals surface area contributed by atoms with E-state index in [-0.39, 0.29) is 6.54 Å². The van der Waals surface area contributed by atoms with Crippen LogP contribution in [0.3, 0.4) is 0 Å². The molecule has 0 spiro atoms. The van der Waals surface area contributed by atoms with Crippen LogP contribution >= 0.6 is 0 Å². The summed E-state index contributed by atoms with van der Waals surface area (Å²) in [5, 5.41) is 14.0. The number of amides is 1. The van der Waals surface area contributed by atoms with Crippen LogP contribution in [0.2, 0.25) is 0 Å². The minimum absolute atomic E-state index is 0.280. The molecular weight excluding hydrogens is 382 g/mol. The largest absolute Gasteiger partial charge is 0.497 e. The second kappa shape index (κ2) is 9.71. The van der Waals surface area contributed by atoms with Gasteiger partial charge in [-0.15, -0.1) is 0 Å². The number of carbonyl (C=O) groups is 2. The molecule has 0 aliphatic carbocycles. The average Bonchev–Trinajstić information content (AvgIpc) is 2.82. The van der Waals surface area contributed by atoms with E-state index in [0.717, 1.165) is 11.3 Å². The third kappa shape index (κ3) is 4.85. The standard InChI is InChI=1S/C24H23NO5/c1-29-21-14-12-18(13-15-21)16-25-22(26)17-30-23(27)24(28,19-8-4-2-5-9-19)20-10-6-3-7-11-20/h2-15,28H,16-17H2,1H3,(H,25,26). The maximum absolute atomic E-state index is 12.8. The highest BCUT2D eigenvalue weighted by molar-refractivity contribution is 5.88. The molecule has 0 bridgehead atoms. The van der Waals surface area contributed by atoms with E-state index in [9.17, 15) is 14.7 Å². The Balaban J connectivity index is 1.65. The van der Waals surface area contributed by atoms with Crippen molar-refractivity contribution in [1.82, 2.24) is 5.32 Å². The Kier molecular flexibility index (Phi) is 6.83. The van der Waals surface area contributed by atoms with Gasteiger partial charge in [-0.1, -0.05) is 72.8 Å². The van der Waals surface area contributed by atoms with E-state index in [1.165, 1.54) is 0 Å². The Bertz CT molecular complexity index is 932. The number of carbonyl (C=O) groups excluding carboxylic acids is 2. The normalized spacial score (nSPS) is 10.9. The van der Waals surface area contributed by atoms with E-state index in [1.54, 1.807) is 79.9 Å². The van der Waals surface area contributed by atoms with Crippen LogP contribution in [0.1, 0.15) is 16.7 Å². The highest BCUT2D eigenvalue weighted by Crippen LogP contribution is 2.30. The van der Waals surface area contributed by atoms with E-state index in [2.05, 4.69) is 5.32 Å². The first-order chi connectivity index (χ1) is 14.5. The van der Waals surface area contributed by atoms with Gasteiger partial charge in [-0.25, -0.2) is 4.79 Å². The zero-order valence-electron chi connectivity index (χ0n) is 16.6. The lowest BCUT2D eigenvalue weighted by molar-refractivity contribution is -0.164. The summed E-state index contributed by atoms with van der Waals surface area (Å²) in [5.41, 5.74) is -0.418. The second-order valence-corrected chi connectivity index (χ2v) is 6.64. The molecule has 2 N–H and O–H groups in total. The van der Waals surface area contributed by atoms with Gasteiger partial charge >= 0.3 is 5.97 Å². The Morgan fingerprint density at radius 3 is 1.90 bits per heavy atom. The van der Waals surface area contributed by atoms with Gasteiger partial charge in [-0.05, 0) is 28.8 Å². The van der Waals surface area contributed by atoms with Crippen molar-refractivity contribution in [3.8, 4) is 5.75 Å². The van der Waals surface area contributed by atoms with Gasteiger partial charge < -0.3 is 19.9 Å². The Labute approximate surface area is 175 Å². The molecule has 3 rings (SSSR count). The number of ether oxygens (including phenoxy) is 2. The molecule has 0 heterocycles. The first-order valence-electron chi connectivity index (χ1n) is 9.44. The molecule has 0 aromatic heterocycles. The van der Waals surface area contributed by atoms with E-state index in [0.29, 0.717) is 11.1 Å². The van der Waals surface area contributed by atoms with Gasteiger partial charge in [0, 0.05) is 6.54 Å². The number of esters is 1. The van der Waals surface area contributed by atoms with Crippen LogP contribution in [0, 0.1) is 0 Å². The molecule has 0 fully saturated rings. The fraction of sp³-hybridized carbons (Fsp3) is 0.167. The van der Waals surface area contributed by atoms with Crippen molar-refractivity contribution in [2.75, 3.05) is 13.7 Å². The second-order valence-electron chi connectivity index (χ2n) is 6.64. The molecule has 0 radical (unpaired) electrons. The maximum Gasteiger partial charge on any atom is 0.348 e. The first-order valence-corrected chi connectivity index (χ1v) is 9.44. The van der Waals surface area contributed by atoms with E-state index < -0.39 is 24.1 Å². The summed E-state index contributed by atoms with van der Waals surface area (Å²) in [5.74, 6) is -0.665. The van der Waals surface area contributed by atoms with Crippen molar-refractivity contribution < 1.29 is 24.2 Å². The highest BCUT2D eigenvalue weighted by Gasteiger charge is 2.41. The van der Waals surface area contributed by atoms with Crippen molar-refractivity contribution in [2.24, 2.45) is 0 Å². The zero-order valence-corrected chi connectivity index (χ0v) is 16.6. The van der Waals surface area contributed by atoms with Crippen molar-refractivity contribution in [2.45, 2.75) is 12.1 Å². The fourth-order valence-electron chi connectivity index (χ4n) is 2.99. The van der Waals surface area contributed by atoms with Crippen LogP contribution in [0.25, 0.3) is 0 Å². The SMILES string of the molecule is COc1ccc(CNC(=O)COC(=O)C(O)(c2ccccc2)c2ccccc2)cc1. The number of hydrogen-bond donors (Lipinski definition) is 2. The van der Waals surface area contributed by atoms with Crippen molar-refractivity contribution in [1.29, 1.82) is 0 Å². The number of hydrogen-bond acceptors (Lipinski definition) is 5. The number of methoxy groups -OCH3 is 1.